The minimum atomic E-state index is -0.814. The molecule has 0 unspecified atom stereocenters. The van der Waals surface area contributed by atoms with Gasteiger partial charge < -0.3 is 4.74 Å². The van der Waals surface area contributed by atoms with Gasteiger partial charge in [0.15, 0.2) is 0 Å². The van der Waals surface area contributed by atoms with E-state index in [4.69, 9.17) is 4.74 Å². The van der Waals surface area contributed by atoms with Crippen LogP contribution in [0.25, 0.3) is 0 Å². The molecule has 0 aromatic heterocycles. The normalized spacial score (nSPS) is 22.8. The van der Waals surface area contributed by atoms with Crippen molar-refractivity contribution in [2.45, 2.75) is 32.1 Å². The van der Waals surface area contributed by atoms with Gasteiger partial charge in [0.05, 0.1) is 7.11 Å². The minimum Gasteiger partial charge on any atom is -0.468 e. The summed E-state index contributed by atoms with van der Waals surface area (Å²) in [6, 6.07) is 4.86. The molecule has 0 bridgehead atoms. The van der Waals surface area contributed by atoms with Crippen LogP contribution in [-0.4, -0.2) is 13.1 Å². The van der Waals surface area contributed by atoms with Crippen molar-refractivity contribution in [2.75, 3.05) is 7.11 Å². The molecule has 2 rings (SSSR count). The van der Waals surface area contributed by atoms with Crippen molar-refractivity contribution >= 4 is 5.97 Å². The van der Waals surface area contributed by atoms with E-state index < -0.39 is 5.41 Å². The van der Waals surface area contributed by atoms with Gasteiger partial charge in [-0.3, -0.25) is 4.79 Å². The summed E-state index contributed by atoms with van der Waals surface area (Å²) in [6.07, 6.45) is 3.40. The van der Waals surface area contributed by atoms with Crippen molar-refractivity contribution < 1.29 is 13.9 Å². The Kier molecular flexibility index (Phi) is 3.24. The molecule has 0 radical (unpaired) electrons. The first-order chi connectivity index (χ1) is 8.51. The topological polar surface area (TPSA) is 26.3 Å². The maximum Gasteiger partial charge on any atom is 0.320 e. The molecule has 96 valence electrons. The quantitative estimate of drug-likeness (QED) is 0.593. The predicted octanol–water partition coefficient (Wildman–Crippen LogP) is 3.29. The van der Waals surface area contributed by atoms with E-state index in [-0.39, 0.29) is 11.8 Å². The van der Waals surface area contributed by atoms with Crippen molar-refractivity contribution in [3.8, 4) is 0 Å². The summed E-state index contributed by atoms with van der Waals surface area (Å²) in [6.45, 7) is 3.69. The molecule has 0 heterocycles. The summed E-state index contributed by atoms with van der Waals surface area (Å²) < 4.78 is 18.6. The van der Waals surface area contributed by atoms with E-state index in [9.17, 15) is 9.18 Å². The number of benzene rings is 1. The first-order valence-corrected chi connectivity index (χ1v) is 6.03. The van der Waals surface area contributed by atoms with Gasteiger partial charge in [-0.05, 0) is 43.9 Å². The lowest BCUT2D eigenvalue weighted by Crippen LogP contribution is -2.34. The van der Waals surface area contributed by atoms with Gasteiger partial charge in [0, 0.05) is 0 Å². The number of carbonyl (C=O) groups excluding carboxylic acids is 1. The van der Waals surface area contributed by atoms with Crippen molar-refractivity contribution in [3.63, 3.8) is 0 Å². The first kappa shape index (κ1) is 12.8. The fourth-order valence-electron chi connectivity index (χ4n) is 2.72. The largest absolute Gasteiger partial charge is 0.468 e. The molecule has 0 aliphatic heterocycles. The van der Waals surface area contributed by atoms with E-state index in [0.717, 1.165) is 12.0 Å². The molecule has 0 saturated carbocycles. The lowest BCUT2D eigenvalue weighted by atomic mass is 9.78. The zero-order chi connectivity index (χ0) is 13.3. The lowest BCUT2D eigenvalue weighted by Gasteiger charge is -2.26. The zero-order valence-corrected chi connectivity index (χ0v) is 10.9. The molecule has 2 nitrogen and oxygen atoms in total. The van der Waals surface area contributed by atoms with Crippen LogP contribution in [0.3, 0.4) is 0 Å². The molecule has 1 atom stereocenters. The Balaban J connectivity index is 2.62. The Hall–Kier alpha value is -1.64. The third-order valence-electron chi connectivity index (χ3n) is 3.70. The highest BCUT2D eigenvalue weighted by Gasteiger charge is 2.43. The number of allylic oxidation sites excluding steroid dienone is 1. The molecule has 18 heavy (non-hydrogen) atoms. The number of ether oxygens (including phenoxy) is 1. The van der Waals surface area contributed by atoms with Gasteiger partial charge in [-0.25, -0.2) is 4.39 Å². The fraction of sp³-hybridized carbons (Fsp3) is 0.400. The average Bonchev–Trinajstić information content (AvgIpc) is 2.75. The number of hydrogen-bond donors (Lipinski definition) is 0. The van der Waals surface area contributed by atoms with E-state index in [2.05, 4.69) is 0 Å². The van der Waals surface area contributed by atoms with E-state index >= 15 is 0 Å². The minimum absolute atomic E-state index is 0.284. The molecule has 0 fully saturated rings. The van der Waals surface area contributed by atoms with Crippen LogP contribution in [0.4, 0.5) is 4.39 Å². The predicted molar refractivity (Wildman–Crippen MR) is 67.8 cm³/mol. The monoisotopic (exact) mass is 248 g/mol. The molecule has 3 heteroatoms. The molecular formula is C15H17FO2. The third kappa shape index (κ3) is 1.84. The van der Waals surface area contributed by atoms with Gasteiger partial charge in [-0.15, -0.1) is 0 Å². The van der Waals surface area contributed by atoms with Gasteiger partial charge in [-0.1, -0.05) is 23.8 Å². The number of halogens is 1. The van der Waals surface area contributed by atoms with E-state index in [1.54, 1.807) is 13.0 Å². The summed E-state index contributed by atoms with van der Waals surface area (Å²) >= 11 is 0. The summed E-state index contributed by atoms with van der Waals surface area (Å²) in [7, 11) is 1.38. The number of carbonyl (C=O) groups is 1. The SMILES string of the molecule is COC(=O)[C@]1(c2cccc(F)c2C)C=C(C)CC1. The highest BCUT2D eigenvalue weighted by atomic mass is 19.1. The second kappa shape index (κ2) is 4.56. The summed E-state index contributed by atoms with van der Waals surface area (Å²) in [5.41, 5.74) is 1.56. The molecule has 1 aromatic carbocycles. The molecule has 1 aliphatic carbocycles. The van der Waals surface area contributed by atoms with Crippen LogP contribution < -0.4 is 0 Å². The van der Waals surface area contributed by atoms with E-state index in [0.29, 0.717) is 17.5 Å². The first-order valence-electron chi connectivity index (χ1n) is 6.03. The molecule has 0 spiro atoms. The maximum absolute atomic E-state index is 13.7. The van der Waals surface area contributed by atoms with E-state index in [1.165, 1.54) is 13.2 Å². The molecule has 0 amide bonds. The third-order valence-corrected chi connectivity index (χ3v) is 3.70. The number of esters is 1. The van der Waals surface area contributed by atoms with Crippen LogP contribution in [0.2, 0.25) is 0 Å². The van der Waals surface area contributed by atoms with E-state index in [1.807, 2.05) is 19.1 Å². The van der Waals surface area contributed by atoms with Crippen LogP contribution in [0.5, 0.6) is 0 Å². The Bertz CT molecular complexity index is 519. The summed E-state index contributed by atoms with van der Waals surface area (Å²) in [5.74, 6) is -0.596. The Morgan fingerprint density at radius 3 is 2.67 bits per heavy atom. The van der Waals surface area contributed by atoms with Gasteiger partial charge in [0.25, 0.3) is 0 Å². The Labute approximate surface area is 106 Å². The summed E-state index contributed by atoms with van der Waals surface area (Å²) in [5, 5.41) is 0. The van der Waals surface area contributed by atoms with Crippen LogP contribution in [0.1, 0.15) is 30.9 Å². The van der Waals surface area contributed by atoms with Crippen LogP contribution in [-0.2, 0) is 14.9 Å². The van der Waals surface area contributed by atoms with Gasteiger partial charge in [0.1, 0.15) is 11.2 Å². The lowest BCUT2D eigenvalue weighted by molar-refractivity contribution is -0.145. The highest BCUT2D eigenvalue weighted by Crippen LogP contribution is 2.41. The number of rotatable bonds is 2. The number of hydrogen-bond acceptors (Lipinski definition) is 2. The molecule has 1 aliphatic rings. The molecule has 0 N–H and O–H groups in total. The highest BCUT2D eigenvalue weighted by molar-refractivity contribution is 5.87. The Morgan fingerprint density at radius 2 is 2.11 bits per heavy atom. The molecule has 0 saturated heterocycles. The maximum atomic E-state index is 13.7. The smallest absolute Gasteiger partial charge is 0.320 e. The van der Waals surface area contributed by atoms with Crippen molar-refractivity contribution in [1.29, 1.82) is 0 Å². The van der Waals surface area contributed by atoms with Gasteiger partial charge in [0.2, 0.25) is 0 Å². The Morgan fingerprint density at radius 1 is 1.39 bits per heavy atom. The molecular weight excluding hydrogens is 231 g/mol. The van der Waals surface area contributed by atoms with Crippen molar-refractivity contribution in [1.82, 2.24) is 0 Å². The average molecular weight is 248 g/mol. The van der Waals surface area contributed by atoms with Gasteiger partial charge in [-0.2, -0.15) is 0 Å². The standard InChI is InChI=1S/C15H17FO2/c1-10-7-8-15(9-10,14(17)18-3)12-5-4-6-13(16)11(12)2/h4-6,9H,7-8H2,1-3H3/t15-/m0/s1. The van der Waals surface area contributed by atoms with Crippen molar-refractivity contribution in [3.05, 3.63) is 46.8 Å². The van der Waals surface area contributed by atoms with Crippen LogP contribution >= 0.6 is 0 Å². The van der Waals surface area contributed by atoms with Crippen molar-refractivity contribution in [2.24, 2.45) is 0 Å². The zero-order valence-electron chi connectivity index (χ0n) is 10.9. The second-order valence-electron chi connectivity index (χ2n) is 4.87. The second-order valence-corrected chi connectivity index (χ2v) is 4.87. The van der Waals surface area contributed by atoms with Crippen LogP contribution in [0, 0.1) is 12.7 Å². The number of methoxy groups -OCH3 is 1. The fourth-order valence-corrected chi connectivity index (χ4v) is 2.72. The molecule has 1 aromatic rings. The summed E-state index contributed by atoms with van der Waals surface area (Å²) in [4.78, 5) is 12.2. The van der Waals surface area contributed by atoms with Crippen LogP contribution in [0.15, 0.2) is 29.8 Å². The van der Waals surface area contributed by atoms with Gasteiger partial charge >= 0.3 is 5.97 Å².